The van der Waals surface area contributed by atoms with Crippen molar-refractivity contribution in [2.75, 3.05) is 18.4 Å². The van der Waals surface area contributed by atoms with Crippen molar-refractivity contribution in [2.24, 2.45) is 0 Å². The summed E-state index contributed by atoms with van der Waals surface area (Å²) in [5.41, 5.74) is 2.56. The molecule has 3 amide bonds. The summed E-state index contributed by atoms with van der Waals surface area (Å²) in [6.45, 7) is 6.59. The highest BCUT2D eigenvalue weighted by atomic mass is 16.6. The summed E-state index contributed by atoms with van der Waals surface area (Å²) in [6.07, 6.45) is 3.20. The maximum absolute atomic E-state index is 12.1. The van der Waals surface area contributed by atoms with Gasteiger partial charge < -0.3 is 20.7 Å². The number of carbonyl (C=O) groups is 2. The minimum Gasteiger partial charge on any atom is -0.444 e. The van der Waals surface area contributed by atoms with Gasteiger partial charge in [-0.2, -0.15) is 0 Å². The van der Waals surface area contributed by atoms with Crippen LogP contribution in [0.4, 0.5) is 15.3 Å². The van der Waals surface area contributed by atoms with Crippen LogP contribution >= 0.6 is 0 Å². The third-order valence-corrected chi connectivity index (χ3v) is 4.29. The standard InChI is InChI=1S/C24H33N3O3/c1-24(2,3)30-23(29)26-17-15-20-13-9-14-21(18-20)27-22(28)25-16-8-7-12-19-10-5-4-6-11-19/h4-6,9-11,13-14,18H,7-8,12,15-17H2,1-3H3,(H,26,29)(H2,25,27,28). The van der Waals surface area contributed by atoms with Gasteiger partial charge in [0.2, 0.25) is 0 Å². The average molecular weight is 412 g/mol. The normalized spacial score (nSPS) is 10.9. The van der Waals surface area contributed by atoms with E-state index in [0.29, 0.717) is 19.5 Å². The molecule has 0 unspecified atom stereocenters. The summed E-state index contributed by atoms with van der Waals surface area (Å²) in [7, 11) is 0. The Labute approximate surface area is 179 Å². The van der Waals surface area contributed by atoms with Crippen molar-refractivity contribution in [1.82, 2.24) is 10.6 Å². The molecule has 0 atom stereocenters. The van der Waals surface area contributed by atoms with Gasteiger partial charge in [0.15, 0.2) is 0 Å². The van der Waals surface area contributed by atoms with E-state index in [1.54, 1.807) is 0 Å². The Morgan fingerprint density at radius 2 is 1.57 bits per heavy atom. The van der Waals surface area contributed by atoms with E-state index in [-0.39, 0.29) is 6.03 Å². The fraction of sp³-hybridized carbons (Fsp3) is 0.417. The highest BCUT2D eigenvalue weighted by molar-refractivity contribution is 5.89. The second kappa shape index (κ2) is 11.9. The molecule has 162 valence electrons. The van der Waals surface area contributed by atoms with Gasteiger partial charge in [0.25, 0.3) is 0 Å². The molecule has 0 saturated heterocycles. The molecule has 0 aliphatic carbocycles. The van der Waals surface area contributed by atoms with Crippen molar-refractivity contribution in [1.29, 1.82) is 0 Å². The van der Waals surface area contributed by atoms with Crippen LogP contribution in [0.2, 0.25) is 0 Å². The molecule has 0 aromatic heterocycles. The Morgan fingerprint density at radius 1 is 0.833 bits per heavy atom. The molecular formula is C24H33N3O3. The molecular weight excluding hydrogens is 378 g/mol. The topological polar surface area (TPSA) is 79.5 Å². The van der Waals surface area contributed by atoms with E-state index in [1.165, 1.54) is 5.56 Å². The summed E-state index contributed by atoms with van der Waals surface area (Å²) < 4.78 is 5.22. The van der Waals surface area contributed by atoms with Crippen LogP contribution in [0.15, 0.2) is 54.6 Å². The Morgan fingerprint density at radius 3 is 2.30 bits per heavy atom. The van der Waals surface area contributed by atoms with Crippen LogP contribution in [0.25, 0.3) is 0 Å². The van der Waals surface area contributed by atoms with E-state index in [9.17, 15) is 9.59 Å². The quantitative estimate of drug-likeness (QED) is 0.514. The maximum Gasteiger partial charge on any atom is 0.407 e. The number of amides is 3. The Hall–Kier alpha value is -3.02. The first-order valence-corrected chi connectivity index (χ1v) is 10.5. The zero-order valence-electron chi connectivity index (χ0n) is 18.2. The number of ether oxygens (including phenoxy) is 1. The van der Waals surface area contributed by atoms with Crippen molar-refractivity contribution >= 4 is 17.8 Å². The molecule has 0 fully saturated rings. The number of aryl methyl sites for hydroxylation is 1. The molecule has 2 rings (SSSR count). The molecule has 3 N–H and O–H groups in total. The summed E-state index contributed by atoms with van der Waals surface area (Å²) in [6, 6.07) is 17.7. The van der Waals surface area contributed by atoms with E-state index >= 15 is 0 Å². The van der Waals surface area contributed by atoms with Gasteiger partial charge >= 0.3 is 12.1 Å². The van der Waals surface area contributed by atoms with Crippen LogP contribution in [-0.2, 0) is 17.6 Å². The van der Waals surface area contributed by atoms with Crippen LogP contribution in [0.1, 0.15) is 44.7 Å². The van der Waals surface area contributed by atoms with Crippen molar-refractivity contribution < 1.29 is 14.3 Å². The summed E-state index contributed by atoms with van der Waals surface area (Å²) in [4.78, 5) is 23.8. The number of hydrogen-bond acceptors (Lipinski definition) is 3. The number of urea groups is 1. The first kappa shape index (κ1) is 23.3. The van der Waals surface area contributed by atoms with E-state index in [2.05, 4.69) is 28.1 Å². The van der Waals surface area contributed by atoms with Crippen LogP contribution in [-0.4, -0.2) is 30.8 Å². The lowest BCUT2D eigenvalue weighted by molar-refractivity contribution is 0.0528. The molecule has 2 aromatic carbocycles. The maximum atomic E-state index is 12.1. The van der Waals surface area contributed by atoms with Gasteiger partial charge in [0, 0.05) is 18.8 Å². The van der Waals surface area contributed by atoms with Gasteiger partial charge in [-0.05, 0) is 69.7 Å². The zero-order chi connectivity index (χ0) is 21.8. The summed E-state index contributed by atoms with van der Waals surface area (Å²) >= 11 is 0. The summed E-state index contributed by atoms with van der Waals surface area (Å²) in [5.74, 6) is 0. The molecule has 6 nitrogen and oxygen atoms in total. The van der Waals surface area contributed by atoms with Crippen LogP contribution in [0, 0.1) is 0 Å². The van der Waals surface area contributed by atoms with Crippen molar-refractivity contribution in [3.8, 4) is 0 Å². The minimum absolute atomic E-state index is 0.209. The fourth-order valence-electron chi connectivity index (χ4n) is 2.90. The van der Waals surface area contributed by atoms with E-state index in [1.807, 2.05) is 63.2 Å². The minimum atomic E-state index is -0.511. The molecule has 0 aliphatic rings. The molecule has 0 bridgehead atoms. The third kappa shape index (κ3) is 9.96. The van der Waals surface area contributed by atoms with Gasteiger partial charge in [0.05, 0.1) is 0 Å². The first-order valence-electron chi connectivity index (χ1n) is 10.5. The monoisotopic (exact) mass is 411 g/mol. The first-order chi connectivity index (χ1) is 14.3. The Bertz CT molecular complexity index is 801. The number of unbranched alkanes of at least 4 members (excludes halogenated alkanes) is 1. The van der Waals surface area contributed by atoms with Gasteiger partial charge in [-0.15, -0.1) is 0 Å². The van der Waals surface area contributed by atoms with Gasteiger partial charge in [-0.3, -0.25) is 0 Å². The number of benzene rings is 2. The Kier molecular flexibility index (Phi) is 9.19. The lowest BCUT2D eigenvalue weighted by Gasteiger charge is -2.19. The summed E-state index contributed by atoms with van der Waals surface area (Å²) in [5, 5.41) is 8.49. The van der Waals surface area contributed by atoms with Crippen LogP contribution < -0.4 is 16.0 Å². The fourth-order valence-corrected chi connectivity index (χ4v) is 2.90. The molecule has 0 spiro atoms. The molecule has 0 radical (unpaired) electrons. The van der Waals surface area contributed by atoms with Crippen molar-refractivity contribution in [3.05, 3.63) is 65.7 Å². The molecule has 0 saturated carbocycles. The number of carbonyl (C=O) groups excluding carboxylic acids is 2. The number of rotatable bonds is 9. The van der Waals surface area contributed by atoms with Crippen LogP contribution in [0.3, 0.4) is 0 Å². The number of hydrogen-bond donors (Lipinski definition) is 3. The molecule has 30 heavy (non-hydrogen) atoms. The lowest BCUT2D eigenvalue weighted by atomic mass is 10.1. The van der Waals surface area contributed by atoms with Crippen molar-refractivity contribution in [2.45, 2.75) is 52.1 Å². The molecule has 6 heteroatoms. The van der Waals surface area contributed by atoms with Gasteiger partial charge in [0.1, 0.15) is 5.60 Å². The van der Waals surface area contributed by atoms with E-state index < -0.39 is 11.7 Å². The highest BCUT2D eigenvalue weighted by Crippen LogP contribution is 2.11. The molecule has 0 aliphatic heterocycles. The largest absolute Gasteiger partial charge is 0.444 e. The van der Waals surface area contributed by atoms with Gasteiger partial charge in [-0.25, -0.2) is 9.59 Å². The number of alkyl carbamates (subject to hydrolysis) is 1. The predicted octanol–water partition coefficient (Wildman–Crippen LogP) is 4.90. The van der Waals surface area contributed by atoms with E-state index in [0.717, 1.165) is 30.5 Å². The second-order valence-electron chi connectivity index (χ2n) is 8.20. The number of nitrogens with one attached hydrogen (secondary N) is 3. The lowest BCUT2D eigenvalue weighted by Crippen LogP contribution is -2.33. The second-order valence-corrected chi connectivity index (χ2v) is 8.20. The van der Waals surface area contributed by atoms with E-state index in [4.69, 9.17) is 4.74 Å². The number of anilines is 1. The average Bonchev–Trinajstić information content (AvgIpc) is 2.67. The Balaban J connectivity index is 1.65. The van der Waals surface area contributed by atoms with Gasteiger partial charge in [-0.1, -0.05) is 42.5 Å². The molecule has 2 aromatic rings. The third-order valence-electron chi connectivity index (χ3n) is 4.29. The predicted molar refractivity (Wildman–Crippen MR) is 121 cm³/mol. The van der Waals surface area contributed by atoms with Crippen LogP contribution in [0.5, 0.6) is 0 Å². The zero-order valence-corrected chi connectivity index (χ0v) is 18.2. The van der Waals surface area contributed by atoms with Crippen molar-refractivity contribution in [3.63, 3.8) is 0 Å². The highest BCUT2D eigenvalue weighted by Gasteiger charge is 2.15. The molecule has 0 heterocycles. The SMILES string of the molecule is CC(C)(C)OC(=O)NCCc1cccc(NC(=O)NCCCCc2ccccc2)c1. The smallest absolute Gasteiger partial charge is 0.407 e.